The first-order valence-electron chi connectivity index (χ1n) is 16.0. The second-order valence-corrected chi connectivity index (χ2v) is 11.6. The van der Waals surface area contributed by atoms with Gasteiger partial charge in [0.15, 0.2) is 36.9 Å². The van der Waals surface area contributed by atoms with Crippen LogP contribution in [0.25, 0.3) is 0 Å². The van der Waals surface area contributed by atoms with Crippen LogP contribution >= 0.6 is 0 Å². The van der Waals surface area contributed by atoms with Gasteiger partial charge in [-0.15, -0.1) is 0 Å². The van der Waals surface area contributed by atoms with E-state index in [0.717, 1.165) is 63.1 Å². The molecule has 0 spiro atoms. The Labute approximate surface area is 304 Å². The van der Waals surface area contributed by atoms with Crippen molar-refractivity contribution in [1.82, 2.24) is 19.1 Å². The van der Waals surface area contributed by atoms with Crippen LogP contribution in [0.2, 0.25) is 0 Å². The molecule has 2 aromatic rings. The molecule has 2 fully saturated rings. The van der Waals surface area contributed by atoms with Crippen LogP contribution in [-0.4, -0.2) is 111 Å². The number of hydrogen-bond donors (Lipinski definition) is 2. The predicted octanol–water partition coefficient (Wildman–Crippen LogP) is -0.908. The number of carbonyl (C=O) groups excluding carboxylic acids is 7. The molecule has 4 rings (SSSR count). The van der Waals surface area contributed by atoms with Crippen LogP contribution in [0.1, 0.15) is 54.0 Å². The standard InChI is InChI=1S/C31H36N6O17/c1-13(38)47-11-19-23(49-15(3)40)25(51-17(5)42)27(53-19)36-9-7-21(34-30(36)45)32-29(44)33-22-8-10-37(31(46)35-22)28-26(52-18(6)43)24(50-16(4)41)20(54-28)12-48-14(2)39/h7-10,19-20,23-28H,11-12H2,1-6H3,(H2,32,33,34,35,44,45,46)/t19-,20+,23+,24-,25-,26-,27-,28+/m0/s1. The highest BCUT2D eigenvalue weighted by Gasteiger charge is 2.52. The Bertz CT molecular complexity index is 1780. The quantitative estimate of drug-likeness (QED) is 0.195. The Kier molecular flexibility index (Phi) is 13.2. The first kappa shape index (κ1) is 40.5. The Morgan fingerprint density at radius 2 is 0.907 bits per heavy atom. The normalized spacial score (nSPS) is 24.4. The van der Waals surface area contributed by atoms with Crippen LogP contribution in [0.4, 0.5) is 16.4 Å². The van der Waals surface area contributed by atoms with Crippen LogP contribution in [0.15, 0.2) is 34.1 Å². The van der Waals surface area contributed by atoms with E-state index >= 15 is 0 Å². The molecule has 54 heavy (non-hydrogen) atoms. The van der Waals surface area contributed by atoms with Crippen molar-refractivity contribution < 1.29 is 71.5 Å². The average molecular weight is 765 g/mol. The summed E-state index contributed by atoms with van der Waals surface area (Å²) in [6.45, 7) is 5.81. The Hall–Kier alpha value is -6.23. The summed E-state index contributed by atoms with van der Waals surface area (Å²) < 4.78 is 44.6. The van der Waals surface area contributed by atoms with Crippen molar-refractivity contribution in [3.63, 3.8) is 0 Å². The highest BCUT2D eigenvalue weighted by Crippen LogP contribution is 2.35. The second-order valence-electron chi connectivity index (χ2n) is 11.6. The second kappa shape index (κ2) is 17.5. The largest absolute Gasteiger partial charge is 0.463 e. The minimum absolute atomic E-state index is 0.281. The van der Waals surface area contributed by atoms with Crippen LogP contribution < -0.4 is 22.0 Å². The number of amides is 2. The van der Waals surface area contributed by atoms with Gasteiger partial charge in [-0.1, -0.05) is 0 Å². The summed E-state index contributed by atoms with van der Waals surface area (Å²) >= 11 is 0. The monoisotopic (exact) mass is 764 g/mol. The maximum atomic E-state index is 13.1. The molecule has 0 aromatic carbocycles. The molecule has 4 heterocycles. The Morgan fingerprint density at radius 1 is 0.574 bits per heavy atom. The van der Waals surface area contributed by atoms with Gasteiger partial charge in [0.05, 0.1) is 0 Å². The molecule has 2 aliphatic rings. The van der Waals surface area contributed by atoms with Crippen molar-refractivity contribution >= 4 is 53.5 Å². The van der Waals surface area contributed by atoms with Crippen molar-refractivity contribution in [1.29, 1.82) is 0 Å². The zero-order valence-corrected chi connectivity index (χ0v) is 29.6. The van der Waals surface area contributed by atoms with Gasteiger partial charge < -0.3 is 37.9 Å². The molecule has 292 valence electrons. The molecule has 2 amide bonds. The molecular formula is C31H36N6O17. The summed E-state index contributed by atoms with van der Waals surface area (Å²) in [6.07, 6.45) is -8.09. The molecule has 0 saturated carbocycles. The maximum Gasteiger partial charge on any atom is 0.351 e. The summed E-state index contributed by atoms with van der Waals surface area (Å²) in [4.78, 5) is 117. The number of nitrogens with one attached hydrogen (secondary N) is 2. The molecule has 2 aliphatic heterocycles. The molecule has 8 atom stereocenters. The van der Waals surface area contributed by atoms with Crippen LogP contribution in [0, 0.1) is 0 Å². The number of carbonyl (C=O) groups is 7. The van der Waals surface area contributed by atoms with Crippen LogP contribution in [0.5, 0.6) is 0 Å². The summed E-state index contributed by atoms with van der Waals surface area (Å²) in [6, 6.07) is 1.36. The highest BCUT2D eigenvalue weighted by atomic mass is 16.7. The summed E-state index contributed by atoms with van der Waals surface area (Å²) in [5.41, 5.74) is -2.02. The van der Waals surface area contributed by atoms with E-state index in [-0.39, 0.29) is 11.6 Å². The summed E-state index contributed by atoms with van der Waals surface area (Å²) in [5.74, 6) is -5.05. The lowest BCUT2D eigenvalue weighted by molar-refractivity contribution is -0.166. The molecule has 2 saturated heterocycles. The van der Waals surface area contributed by atoms with Crippen molar-refractivity contribution in [3.05, 3.63) is 45.5 Å². The Morgan fingerprint density at radius 3 is 1.20 bits per heavy atom. The van der Waals surface area contributed by atoms with Gasteiger partial charge >= 0.3 is 53.2 Å². The molecule has 0 bridgehead atoms. The number of rotatable bonds is 12. The van der Waals surface area contributed by atoms with Crippen molar-refractivity contribution in [2.75, 3.05) is 23.8 Å². The molecule has 23 heteroatoms. The van der Waals surface area contributed by atoms with Gasteiger partial charge in [0.2, 0.25) is 0 Å². The predicted molar refractivity (Wildman–Crippen MR) is 173 cm³/mol. The lowest BCUT2D eigenvalue weighted by Gasteiger charge is -2.24. The topological polar surface area (TPSA) is 287 Å². The number of esters is 6. The maximum absolute atomic E-state index is 13.1. The third kappa shape index (κ3) is 10.4. The molecule has 2 aromatic heterocycles. The van der Waals surface area contributed by atoms with Crippen molar-refractivity contribution in [3.8, 4) is 0 Å². The number of urea groups is 1. The lowest BCUT2D eigenvalue weighted by Crippen LogP contribution is -2.42. The SMILES string of the molecule is CC(=O)OC[C@@H]1O[C@H](n2ccc(NC(=O)Nc3ccn([C@@H]4O[C@H](COC(C)=O)[C@H](OC(C)=O)[C@@H]4OC(C)=O)c(=O)n3)nc2=O)[C@@H](OC(C)=O)[C@@H]1OC(C)=O. The zero-order valence-electron chi connectivity index (χ0n) is 29.6. The summed E-state index contributed by atoms with van der Waals surface area (Å²) in [5, 5.41) is 4.58. The lowest BCUT2D eigenvalue weighted by atomic mass is 10.1. The first-order chi connectivity index (χ1) is 25.4. The number of ether oxygens (including phenoxy) is 8. The molecular weight excluding hydrogens is 728 g/mol. The van der Waals surface area contributed by atoms with Crippen molar-refractivity contribution in [2.45, 2.75) is 90.6 Å². The third-order valence-electron chi connectivity index (χ3n) is 7.37. The highest BCUT2D eigenvalue weighted by molar-refractivity contribution is 5.98. The zero-order chi connectivity index (χ0) is 39.9. The molecule has 0 radical (unpaired) electrons. The number of aromatic nitrogens is 4. The number of nitrogens with zero attached hydrogens (tertiary/aromatic N) is 4. The molecule has 0 aliphatic carbocycles. The number of hydrogen-bond acceptors (Lipinski definition) is 19. The molecule has 2 N–H and O–H groups in total. The van der Waals surface area contributed by atoms with E-state index in [2.05, 4.69) is 20.6 Å². The van der Waals surface area contributed by atoms with E-state index in [1.165, 1.54) is 12.1 Å². The smallest absolute Gasteiger partial charge is 0.351 e. The molecule has 23 nitrogen and oxygen atoms in total. The van der Waals surface area contributed by atoms with E-state index in [1.807, 2.05) is 0 Å². The van der Waals surface area contributed by atoms with Gasteiger partial charge in [-0.05, 0) is 12.1 Å². The van der Waals surface area contributed by atoms with Gasteiger partial charge in [0, 0.05) is 53.9 Å². The van der Waals surface area contributed by atoms with Gasteiger partial charge in [-0.2, -0.15) is 9.97 Å². The summed E-state index contributed by atoms with van der Waals surface area (Å²) in [7, 11) is 0. The van der Waals surface area contributed by atoms with Gasteiger partial charge in [0.1, 0.15) is 37.1 Å². The Balaban J connectivity index is 1.50. The minimum Gasteiger partial charge on any atom is -0.463 e. The average Bonchev–Trinajstić information content (AvgIpc) is 3.54. The molecule has 0 unspecified atom stereocenters. The number of anilines is 2. The minimum atomic E-state index is -1.40. The fraction of sp³-hybridized carbons (Fsp3) is 0.516. The van der Waals surface area contributed by atoms with E-state index in [4.69, 9.17) is 37.9 Å². The van der Waals surface area contributed by atoms with Crippen LogP contribution in [0.3, 0.4) is 0 Å². The van der Waals surface area contributed by atoms with E-state index in [1.54, 1.807) is 0 Å². The first-order valence-corrected chi connectivity index (χ1v) is 16.0. The fourth-order valence-electron chi connectivity index (χ4n) is 5.45. The van der Waals surface area contributed by atoms with Gasteiger partial charge in [-0.3, -0.25) is 48.5 Å². The fourth-order valence-corrected chi connectivity index (χ4v) is 5.45. The van der Waals surface area contributed by atoms with E-state index < -0.39 is 116 Å². The van der Waals surface area contributed by atoms with Crippen molar-refractivity contribution in [2.24, 2.45) is 0 Å². The third-order valence-corrected chi connectivity index (χ3v) is 7.37. The van der Waals surface area contributed by atoms with Gasteiger partial charge in [-0.25, -0.2) is 14.4 Å². The van der Waals surface area contributed by atoms with Gasteiger partial charge in [0.25, 0.3) is 0 Å². The van der Waals surface area contributed by atoms with Crippen LogP contribution in [-0.2, 0) is 66.7 Å². The van der Waals surface area contributed by atoms with E-state index in [0.29, 0.717) is 0 Å². The van der Waals surface area contributed by atoms with E-state index in [9.17, 15) is 43.2 Å².